The minimum Gasteiger partial charge on any atom is -0.296 e. The van der Waals surface area contributed by atoms with E-state index in [4.69, 9.17) is 0 Å². The highest BCUT2D eigenvalue weighted by Crippen LogP contribution is 2.29. The van der Waals surface area contributed by atoms with E-state index in [1.54, 1.807) is 12.3 Å². The molecule has 0 spiro atoms. The second-order valence-corrected chi connectivity index (χ2v) is 6.30. The van der Waals surface area contributed by atoms with E-state index in [0.717, 1.165) is 25.5 Å². The number of halogens is 2. The van der Waals surface area contributed by atoms with Crippen molar-refractivity contribution in [1.82, 2.24) is 10.4 Å². The van der Waals surface area contributed by atoms with Gasteiger partial charge in [-0.3, -0.25) is 20.6 Å². The number of nitrogens with zero attached hydrogens (tertiary/aromatic N) is 1. The zero-order chi connectivity index (χ0) is 15.5. The van der Waals surface area contributed by atoms with Crippen LogP contribution in [0, 0.1) is 0 Å². The molecule has 0 bridgehead atoms. The normalized spacial score (nSPS) is 10.5. The molecule has 1 amide bonds. The smallest absolute Gasteiger partial charge is 0.269 e. The fourth-order valence-electron chi connectivity index (χ4n) is 2.03. The number of hydrazine groups is 1. The fraction of sp³-hybridized carbons (Fsp3) is 0. The van der Waals surface area contributed by atoms with Gasteiger partial charge in [-0.2, -0.15) is 0 Å². The van der Waals surface area contributed by atoms with E-state index in [9.17, 15) is 4.79 Å². The molecule has 0 saturated carbocycles. The highest BCUT2D eigenvalue weighted by atomic mass is 79.9. The SMILES string of the molecule is O=C(NNc1c(Br)cccc1Br)c1ccc2ncccc2c1. The number of fused-ring (bicyclic) bond motifs is 1. The third-order valence-electron chi connectivity index (χ3n) is 3.13. The Bertz CT molecular complexity index is 831. The minimum absolute atomic E-state index is 0.214. The summed E-state index contributed by atoms with van der Waals surface area (Å²) in [5.74, 6) is -0.214. The molecule has 0 saturated heterocycles. The largest absolute Gasteiger partial charge is 0.296 e. The van der Waals surface area contributed by atoms with Crippen LogP contribution >= 0.6 is 31.9 Å². The number of rotatable bonds is 3. The molecule has 0 fully saturated rings. The van der Waals surface area contributed by atoms with Crippen LogP contribution in [-0.4, -0.2) is 10.9 Å². The van der Waals surface area contributed by atoms with Crippen LogP contribution in [-0.2, 0) is 0 Å². The van der Waals surface area contributed by atoms with Gasteiger partial charge in [0.2, 0.25) is 0 Å². The summed E-state index contributed by atoms with van der Waals surface area (Å²) in [4.78, 5) is 16.5. The average Bonchev–Trinajstić information content (AvgIpc) is 2.53. The molecule has 0 atom stereocenters. The molecule has 0 aliphatic carbocycles. The van der Waals surface area contributed by atoms with Gasteiger partial charge >= 0.3 is 0 Å². The Morgan fingerprint density at radius 3 is 2.55 bits per heavy atom. The van der Waals surface area contributed by atoms with Gasteiger partial charge in [-0.25, -0.2) is 0 Å². The Morgan fingerprint density at radius 2 is 1.77 bits per heavy atom. The van der Waals surface area contributed by atoms with Crippen molar-refractivity contribution in [2.45, 2.75) is 0 Å². The quantitative estimate of drug-likeness (QED) is 0.612. The Kier molecular flexibility index (Phi) is 4.40. The summed E-state index contributed by atoms with van der Waals surface area (Å²) in [6.07, 6.45) is 1.73. The van der Waals surface area contributed by atoms with Gasteiger partial charge in [0.05, 0.1) is 11.2 Å². The van der Waals surface area contributed by atoms with Crippen LogP contribution in [0.15, 0.2) is 63.7 Å². The standard InChI is InChI=1S/C16H11Br2N3O/c17-12-4-1-5-13(18)15(12)20-21-16(22)11-6-7-14-10(9-11)3-2-8-19-14/h1-9,20H,(H,21,22). The number of benzene rings is 2. The van der Waals surface area contributed by atoms with Crippen molar-refractivity contribution < 1.29 is 4.79 Å². The molecule has 0 unspecified atom stereocenters. The van der Waals surface area contributed by atoms with Gasteiger partial charge in [-0.1, -0.05) is 12.1 Å². The monoisotopic (exact) mass is 419 g/mol. The van der Waals surface area contributed by atoms with Crippen molar-refractivity contribution in [3.05, 3.63) is 69.2 Å². The van der Waals surface area contributed by atoms with Gasteiger partial charge in [0, 0.05) is 26.1 Å². The first kappa shape index (κ1) is 15.0. The van der Waals surface area contributed by atoms with Crippen LogP contribution in [0.1, 0.15) is 10.4 Å². The predicted octanol–water partition coefficient (Wildman–Crippen LogP) is 4.52. The molecule has 6 heteroatoms. The summed E-state index contributed by atoms with van der Waals surface area (Å²) < 4.78 is 1.70. The number of aromatic nitrogens is 1. The van der Waals surface area contributed by atoms with E-state index >= 15 is 0 Å². The first-order valence-electron chi connectivity index (χ1n) is 6.50. The molecule has 0 radical (unpaired) electrons. The average molecular weight is 421 g/mol. The molecule has 4 nitrogen and oxygen atoms in total. The van der Waals surface area contributed by atoms with Gasteiger partial charge in [0.1, 0.15) is 0 Å². The summed E-state index contributed by atoms with van der Waals surface area (Å²) in [5, 5.41) is 0.928. The minimum atomic E-state index is -0.214. The van der Waals surface area contributed by atoms with Crippen molar-refractivity contribution in [3.63, 3.8) is 0 Å². The molecule has 1 heterocycles. The lowest BCUT2D eigenvalue weighted by atomic mass is 10.1. The van der Waals surface area contributed by atoms with Crippen molar-refractivity contribution >= 4 is 54.4 Å². The molecule has 1 aromatic heterocycles. The van der Waals surface area contributed by atoms with Crippen LogP contribution in [0.25, 0.3) is 10.9 Å². The Morgan fingerprint density at radius 1 is 1.00 bits per heavy atom. The Hall–Kier alpha value is -1.92. The first-order valence-corrected chi connectivity index (χ1v) is 8.09. The number of nitrogens with one attached hydrogen (secondary N) is 2. The number of anilines is 1. The van der Waals surface area contributed by atoms with E-state index in [0.29, 0.717) is 5.56 Å². The van der Waals surface area contributed by atoms with Crippen LogP contribution in [0.2, 0.25) is 0 Å². The van der Waals surface area contributed by atoms with E-state index in [1.807, 2.05) is 42.5 Å². The summed E-state index contributed by atoms with van der Waals surface area (Å²) in [7, 11) is 0. The molecule has 0 aliphatic heterocycles. The van der Waals surface area contributed by atoms with E-state index < -0.39 is 0 Å². The second-order valence-electron chi connectivity index (χ2n) is 4.59. The highest BCUT2D eigenvalue weighted by molar-refractivity contribution is 9.11. The molecular formula is C16H11Br2N3O. The molecule has 110 valence electrons. The summed E-state index contributed by atoms with van der Waals surface area (Å²) >= 11 is 6.87. The lowest BCUT2D eigenvalue weighted by Gasteiger charge is -2.12. The molecular weight excluding hydrogens is 410 g/mol. The van der Waals surface area contributed by atoms with E-state index in [1.165, 1.54) is 0 Å². The first-order chi connectivity index (χ1) is 10.6. The zero-order valence-corrected chi connectivity index (χ0v) is 14.5. The van der Waals surface area contributed by atoms with Crippen LogP contribution in [0.5, 0.6) is 0 Å². The maximum Gasteiger partial charge on any atom is 0.269 e. The fourth-order valence-corrected chi connectivity index (χ4v) is 3.22. The van der Waals surface area contributed by atoms with Gasteiger partial charge in [0.15, 0.2) is 0 Å². The maximum atomic E-state index is 12.3. The van der Waals surface area contributed by atoms with Crippen molar-refractivity contribution in [2.24, 2.45) is 0 Å². The lowest BCUT2D eigenvalue weighted by molar-refractivity contribution is 0.0963. The molecule has 0 aliphatic rings. The summed E-state index contributed by atoms with van der Waals surface area (Å²) in [5.41, 5.74) is 7.80. The van der Waals surface area contributed by atoms with Crippen LogP contribution in [0.4, 0.5) is 5.69 Å². The summed E-state index contributed by atoms with van der Waals surface area (Å²) in [6, 6.07) is 14.9. The number of pyridine rings is 1. The second kappa shape index (κ2) is 6.46. The number of carbonyl (C=O) groups excluding carboxylic acids is 1. The molecule has 2 aromatic carbocycles. The Balaban J connectivity index is 1.79. The van der Waals surface area contributed by atoms with Gasteiger partial charge in [0.25, 0.3) is 5.91 Å². The number of para-hydroxylation sites is 1. The molecule has 3 aromatic rings. The van der Waals surface area contributed by atoms with Crippen LogP contribution in [0.3, 0.4) is 0 Å². The number of carbonyl (C=O) groups is 1. The van der Waals surface area contributed by atoms with Gasteiger partial charge < -0.3 is 0 Å². The van der Waals surface area contributed by atoms with Crippen molar-refractivity contribution in [2.75, 3.05) is 5.43 Å². The third kappa shape index (κ3) is 3.13. The number of amides is 1. The van der Waals surface area contributed by atoms with Gasteiger partial charge in [-0.15, -0.1) is 0 Å². The molecule has 3 rings (SSSR count). The highest BCUT2D eigenvalue weighted by Gasteiger charge is 2.09. The van der Waals surface area contributed by atoms with Gasteiger partial charge in [-0.05, 0) is 68.3 Å². The third-order valence-corrected chi connectivity index (χ3v) is 4.45. The van der Waals surface area contributed by atoms with Crippen LogP contribution < -0.4 is 10.9 Å². The van der Waals surface area contributed by atoms with Crippen molar-refractivity contribution in [1.29, 1.82) is 0 Å². The lowest BCUT2D eigenvalue weighted by Crippen LogP contribution is -2.29. The topological polar surface area (TPSA) is 54.0 Å². The molecule has 22 heavy (non-hydrogen) atoms. The predicted molar refractivity (Wildman–Crippen MR) is 94.7 cm³/mol. The number of hydrogen-bond donors (Lipinski definition) is 2. The van der Waals surface area contributed by atoms with Crippen molar-refractivity contribution in [3.8, 4) is 0 Å². The molecule has 2 N–H and O–H groups in total. The maximum absolute atomic E-state index is 12.3. The summed E-state index contributed by atoms with van der Waals surface area (Å²) in [6.45, 7) is 0. The van der Waals surface area contributed by atoms with E-state index in [-0.39, 0.29) is 5.91 Å². The van der Waals surface area contributed by atoms with E-state index in [2.05, 4.69) is 47.7 Å². The Labute approximate surface area is 144 Å². The zero-order valence-electron chi connectivity index (χ0n) is 11.3. The number of hydrogen-bond acceptors (Lipinski definition) is 3.